The van der Waals surface area contributed by atoms with Gasteiger partial charge in [0, 0.05) is 24.1 Å². The predicted molar refractivity (Wildman–Crippen MR) is 133 cm³/mol. The van der Waals surface area contributed by atoms with Crippen LogP contribution < -0.4 is 0 Å². The number of methoxy groups -OCH3 is 1. The molecule has 7 nitrogen and oxygen atoms in total. The van der Waals surface area contributed by atoms with Crippen LogP contribution in [-0.2, 0) is 28.9 Å². The number of benzene rings is 2. The molecule has 1 amide bonds. The first-order valence-corrected chi connectivity index (χ1v) is 12.6. The van der Waals surface area contributed by atoms with E-state index in [-0.39, 0.29) is 24.0 Å². The number of amides is 1. The molecule has 5 rings (SSSR count). The smallest absolute Gasteiger partial charge is 0.409 e. The van der Waals surface area contributed by atoms with Crippen molar-refractivity contribution in [1.82, 2.24) is 14.5 Å². The number of hydrogen-bond acceptors (Lipinski definition) is 4. The van der Waals surface area contributed by atoms with Crippen LogP contribution in [0.3, 0.4) is 0 Å². The summed E-state index contributed by atoms with van der Waals surface area (Å²) in [6, 6.07) is 14.9. The van der Waals surface area contributed by atoms with Crippen molar-refractivity contribution < 1.29 is 19.4 Å². The summed E-state index contributed by atoms with van der Waals surface area (Å²) in [5.74, 6) is 0.0559. The van der Waals surface area contributed by atoms with Crippen molar-refractivity contribution in [1.29, 1.82) is 0 Å². The Morgan fingerprint density at radius 2 is 1.97 bits per heavy atom. The normalized spacial score (nSPS) is 20.9. The molecule has 7 heteroatoms. The van der Waals surface area contributed by atoms with Gasteiger partial charge in [0.1, 0.15) is 5.82 Å². The lowest BCUT2D eigenvalue weighted by Gasteiger charge is -2.28. The average molecular weight is 476 g/mol. The van der Waals surface area contributed by atoms with Crippen molar-refractivity contribution >= 4 is 23.1 Å². The van der Waals surface area contributed by atoms with E-state index in [4.69, 9.17) is 9.72 Å². The van der Waals surface area contributed by atoms with Crippen LogP contribution in [-0.4, -0.2) is 45.3 Å². The Hall–Kier alpha value is -3.35. The van der Waals surface area contributed by atoms with E-state index in [1.165, 1.54) is 18.2 Å². The van der Waals surface area contributed by atoms with Crippen LogP contribution in [0.25, 0.3) is 11.0 Å². The molecule has 3 aromatic rings. The molecule has 2 aliphatic rings. The van der Waals surface area contributed by atoms with Gasteiger partial charge in [0.25, 0.3) is 0 Å². The fraction of sp³-hybridized carbons (Fsp3) is 0.464. The van der Waals surface area contributed by atoms with E-state index in [1.807, 2.05) is 6.07 Å². The van der Waals surface area contributed by atoms with E-state index >= 15 is 0 Å². The highest BCUT2D eigenvalue weighted by atomic mass is 16.5. The van der Waals surface area contributed by atoms with Crippen molar-refractivity contribution in [2.45, 2.75) is 64.0 Å². The molecule has 1 aliphatic carbocycles. The first-order chi connectivity index (χ1) is 17.0. The number of ether oxygens (including phenoxy) is 1. The van der Waals surface area contributed by atoms with Crippen molar-refractivity contribution in [3.05, 3.63) is 65.0 Å². The van der Waals surface area contributed by atoms with Gasteiger partial charge in [-0.3, -0.25) is 4.79 Å². The van der Waals surface area contributed by atoms with Gasteiger partial charge in [0.15, 0.2) is 0 Å². The van der Waals surface area contributed by atoms with Crippen LogP contribution in [0.15, 0.2) is 42.5 Å². The van der Waals surface area contributed by atoms with E-state index < -0.39 is 5.97 Å². The summed E-state index contributed by atoms with van der Waals surface area (Å²) in [5, 5.41) is 9.70. The van der Waals surface area contributed by atoms with Crippen molar-refractivity contribution in [3.8, 4) is 0 Å². The molecule has 0 radical (unpaired) electrons. The first kappa shape index (κ1) is 23.4. The number of nitrogens with zero attached hydrogens (tertiary/aromatic N) is 3. The Labute approximate surface area is 205 Å². The fourth-order valence-corrected chi connectivity index (χ4v) is 5.94. The molecule has 1 saturated carbocycles. The maximum absolute atomic E-state index is 12.3. The van der Waals surface area contributed by atoms with Gasteiger partial charge in [-0.25, -0.2) is 9.78 Å². The predicted octanol–water partition coefficient (Wildman–Crippen LogP) is 5.32. The van der Waals surface area contributed by atoms with Gasteiger partial charge in [-0.05, 0) is 56.2 Å². The Kier molecular flexibility index (Phi) is 6.50. The maximum atomic E-state index is 12.3. The Balaban J connectivity index is 1.60. The summed E-state index contributed by atoms with van der Waals surface area (Å²) in [7, 11) is 1.42. The Morgan fingerprint density at radius 3 is 2.71 bits per heavy atom. The maximum Gasteiger partial charge on any atom is 0.409 e. The Morgan fingerprint density at radius 1 is 1.17 bits per heavy atom. The van der Waals surface area contributed by atoms with Gasteiger partial charge in [-0.2, -0.15) is 0 Å². The van der Waals surface area contributed by atoms with Crippen LogP contribution in [0, 0.1) is 5.92 Å². The number of hydrogen-bond donors (Lipinski definition) is 1. The third-order valence-electron chi connectivity index (χ3n) is 7.73. The molecule has 0 spiro atoms. The zero-order valence-corrected chi connectivity index (χ0v) is 20.4. The number of aromatic nitrogens is 2. The lowest BCUT2D eigenvalue weighted by Crippen LogP contribution is -2.35. The number of rotatable bonds is 5. The zero-order chi connectivity index (χ0) is 24.5. The second kappa shape index (κ2) is 9.72. The van der Waals surface area contributed by atoms with Crippen LogP contribution in [0.1, 0.15) is 67.1 Å². The van der Waals surface area contributed by atoms with Gasteiger partial charge < -0.3 is 19.3 Å². The molecule has 35 heavy (non-hydrogen) atoms. The summed E-state index contributed by atoms with van der Waals surface area (Å²) in [6.45, 7) is 3.33. The second-order valence-corrected chi connectivity index (χ2v) is 9.99. The molecule has 2 aromatic carbocycles. The number of fused-ring (bicyclic) bond motifs is 3. The summed E-state index contributed by atoms with van der Waals surface area (Å²) >= 11 is 0. The molecular weight excluding hydrogens is 442 g/mol. The fourth-order valence-electron chi connectivity index (χ4n) is 5.94. The highest BCUT2D eigenvalue weighted by Gasteiger charge is 2.33. The number of carboxylic acids is 1. The van der Waals surface area contributed by atoms with E-state index in [0.717, 1.165) is 54.5 Å². The van der Waals surface area contributed by atoms with Crippen LogP contribution in [0.5, 0.6) is 0 Å². The number of carbonyl (C=O) groups excluding carboxylic acids is 1. The van der Waals surface area contributed by atoms with Crippen LogP contribution >= 0.6 is 0 Å². The quantitative estimate of drug-likeness (QED) is 0.540. The van der Waals surface area contributed by atoms with E-state index in [1.54, 1.807) is 4.90 Å². The summed E-state index contributed by atoms with van der Waals surface area (Å²) in [6.07, 6.45) is 4.50. The minimum absolute atomic E-state index is 0.103. The SMILES string of the molecule is COC(=O)N1CCc2ccc3c(nc([C@H]4CCC[C@@H](C(=O)O)C4)n3[C@@H](C)Cc3ccccc3)c2C1. The Bertz CT molecular complexity index is 1240. The topological polar surface area (TPSA) is 84.7 Å². The van der Waals surface area contributed by atoms with Gasteiger partial charge in [-0.15, -0.1) is 0 Å². The molecular formula is C28H33N3O4. The van der Waals surface area contributed by atoms with Gasteiger partial charge in [0.05, 0.1) is 30.6 Å². The summed E-state index contributed by atoms with van der Waals surface area (Å²) in [4.78, 5) is 31.0. The highest BCUT2D eigenvalue weighted by molar-refractivity contribution is 5.82. The molecule has 1 aliphatic heterocycles. The first-order valence-electron chi connectivity index (χ1n) is 12.6. The molecule has 1 fully saturated rings. The molecule has 0 bridgehead atoms. The second-order valence-electron chi connectivity index (χ2n) is 9.99. The third-order valence-corrected chi connectivity index (χ3v) is 7.73. The van der Waals surface area contributed by atoms with E-state index in [2.05, 4.69) is 47.9 Å². The van der Waals surface area contributed by atoms with Crippen molar-refractivity contribution in [3.63, 3.8) is 0 Å². The van der Waals surface area contributed by atoms with Crippen LogP contribution in [0.4, 0.5) is 4.79 Å². The molecule has 1 aromatic heterocycles. The minimum Gasteiger partial charge on any atom is -0.481 e. The number of carboxylic acid groups (broad SMARTS) is 1. The molecule has 184 valence electrons. The minimum atomic E-state index is -0.708. The number of aliphatic carboxylic acids is 1. The van der Waals surface area contributed by atoms with Crippen LogP contribution in [0.2, 0.25) is 0 Å². The summed E-state index contributed by atoms with van der Waals surface area (Å²) in [5.41, 5.74) is 5.55. The average Bonchev–Trinajstić information content (AvgIpc) is 3.29. The molecule has 3 atom stereocenters. The van der Waals surface area contributed by atoms with E-state index in [9.17, 15) is 14.7 Å². The lowest BCUT2D eigenvalue weighted by atomic mass is 9.81. The van der Waals surface area contributed by atoms with Gasteiger partial charge in [-0.1, -0.05) is 42.8 Å². The number of imidazole rings is 1. The van der Waals surface area contributed by atoms with Gasteiger partial charge >= 0.3 is 12.1 Å². The summed E-state index contributed by atoms with van der Waals surface area (Å²) < 4.78 is 7.33. The monoisotopic (exact) mass is 475 g/mol. The van der Waals surface area contributed by atoms with Crippen molar-refractivity contribution in [2.24, 2.45) is 5.92 Å². The number of carbonyl (C=O) groups is 2. The standard InChI is InChI=1S/C28H33N3O4/c1-18(15-19-7-4-3-5-8-19)31-24-12-11-20-13-14-30(28(34)35-2)17-23(20)25(24)29-26(31)21-9-6-10-22(16-21)27(32)33/h3-5,7-8,11-12,18,21-22H,6,9-10,13-17H2,1-2H3,(H,32,33)/t18-,21-,22+/m0/s1. The molecule has 1 N–H and O–H groups in total. The van der Waals surface area contributed by atoms with E-state index in [0.29, 0.717) is 19.5 Å². The molecule has 0 saturated heterocycles. The zero-order valence-electron chi connectivity index (χ0n) is 20.4. The lowest BCUT2D eigenvalue weighted by molar-refractivity contribution is -0.143. The largest absolute Gasteiger partial charge is 0.481 e. The highest BCUT2D eigenvalue weighted by Crippen LogP contribution is 2.40. The molecule has 2 heterocycles. The van der Waals surface area contributed by atoms with Gasteiger partial charge in [0.2, 0.25) is 0 Å². The molecule has 0 unspecified atom stereocenters. The third kappa shape index (κ3) is 4.51. The van der Waals surface area contributed by atoms with Crippen molar-refractivity contribution in [2.75, 3.05) is 13.7 Å².